The second-order valence-corrected chi connectivity index (χ2v) is 4.55. The molecule has 0 saturated carbocycles. The van der Waals surface area contributed by atoms with Gasteiger partial charge in [-0.3, -0.25) is 0 Å². The Hall–Kier alpha value is -2.43. The molecule has 3 rings (SSSR count). The Balaban J connectivity index is 1.86. The Kier molecular flexibility index (Phi) is 2.87. The Morgan fingerprint density at radius 2 is 2.11 bits per heavy atom. The Morgan fingerprint density at radius 1 is 1.21 bits per heavy atom. The van der Waals surface area contributed by atoms with Gasteiger partial charge in [-0.15, -0.1) is 0 Å². The predicted molar refractivity (Wildman–Crippen MR) is 70.5 cm³/mol. The van der Waals surface area contributed by atoms with Crippen LogP contribution >= 0.6 is 0 Å². The molecular formula is C14H14N4O. The van der Waals surface area contributed by atoms with Gasteiger partial charge in [0.15, 0.2) is 0 Å². The van der Waals surface area contributed by atoms with Gasteiger partial charge in [-0.2, -0.15) is 4.98 Å². The second kappa shape index (κ2) is 4.68. The monoisotopic (exact) mass is 254 g/mol. The lowest BCUT2D eigenvalue weighted by Gasteiger charge is -2.00. The summed E-state index contributed by atoms with van der Waals surface area (Å²) < 4.78 is 7.14. The van der Waals surface area contributed by atoms with E-state index in [0.29, 0.717) is 18.3 Å². The average molecular weight is 254 g/mol. The third kappa shape index (κ3) is 2.40. The molecule has 0 unspecified atom stereocenters. The van der Waals surface area contributed by atoms with Crippen LogP contribution in [0.1, 0.15) is 17.0 Å². The van der Waals surface area contributed by atoms with Crippen LogP contribution in [0.15, 0.2) is 41.4 Å². The van der Waals surface area contributed by atoms with Crippen molar-refractivity contribution in [2.45, 2.75) is 20.4 Å². The van der Waals surface area contributed by atoms with Crippen molar-refractivity contribution in [2.75, 3.05) is 0 Å². The van der Waals surface area contributed by atoms with Crippen LogP contribution in [0.2, 0.25) is 0 Å². The van der Waals surface area contributed by atoms with Crippen molar-refractivity contribution in [2.24, 2.45) is 0 Å². The Labute approximate surface area is 110 Å². The number of rotatable bonds is 3. The van der Waals surface area contributed by atoms with Crippen molar-refractivity contribution < 1.29 is 4.52 Å². The van der Waals surface area contributed by atoms with Gasteiger partial charge in [0, 0.05) is 18.0 Å². The lowest BCUT2D eigenvalue weighted by atomic mass is 10.1. The molecule has 3 aromatic rings. The summed E-state index contributed by atoms with van der Waals surface area (Å²) in [6, 6.07) is 6.14. The predicted octanol–water partition coefficient (Wildman–Crippen LogP) is 2.60. The molecule has 0 bridgehead atoms. The summed E-state index contributed by atoms with van der Waals surface area (Å²) >= 11 is 0. The number of aryl methyl sites for hydroxylation is 2. The molecule has 0 saturated heterocycles. The van der Waals surface area contributed by atoms with E-state index in [4.69, 9.17) is 4.52 Å². The highest BCUT2D eigenvalue weighted by atomic mass is 16.5. The molecule has 0 aliphatic carbocycles. The highest BCUT2D eigenvalue weighted by Crippen LogP contribution is 2.19. The molecule has 96 valence electrons. The minimum atomic E-state index is 0.540. The molecule has 0 radical (unpaired) electrons. The number of nitrogens with zero attached hydrogens (tertiary/aromatic N) is 4. The fraction of sp³-hybridized carbons (Fsp3) is 0.214. The summed E-state index contributed by atoms with van der Waals surface area (Å²) in [5.74, 6) is 1.20. The number of benzene rings is 1. The van der Waals surface area contributed by atoms with Crippen molar-refractivity contribution in [3.8, 4) is 11.4 Å². The third-order valence-electron chi connectivity index (χ3n) is 3.11. The maximum absolute atomic E-state index is 5.25. The molecular weight excluding hydrogens is 240 g/mol. The molecule has 5 heteroatoms. The van der Waals surface area contributed by atoms with Crippen molar-refractivity contribution in [1.82, 2.24) is 19.7 Å². The van der Waals surface area contributed by atoms with Crippen molar-refractivity contribution >= 4 is 0 Å². The van der Waals surface area contributed by atoms with E-state index in [2.05, 4.69) is 41.1 Å². The van der Waals surface area contributed by atoms with Crippen LogP contribution < -0.4 is 0 Å². The van der Waals surface area contributed by atoms with E-state index in [1.54, 1.807) is 12.5 Å². The number of hydrogen-bond acceptors (Lipinski definition) is 4. The molecule has 0 fully saturated rings. The van der Waals surface area contributed by atoms with E-state index in [1.807, 2.05) is 16.8 Å². The lowest BCUT2D eigenvalue weighted by molar-refractivity contribution is 0.371. The summed E-state index contributed by atoms with van der Waals surface area (Å²) in [5.41, 5.74) is 3.45. The molecule has 2 aromatic heterocycles. The van der Waals surface area contributed by atoms with Crippen LogP contribution in [0.5, 0.6) is 0 Å². The minimum Gasteiger partial charge on any atom is -0.337 e. The van der Waals surface area contributed by atoms with Crippen LogP contribution in [0.25, 0.3) is 11.4 Å². The van der Waals surface area contributed by atoms with Crippen molar-refractivity contribution in [1.29, 1.82) is 0 Å². The fourth-order valence-corrected chi connectivity index (χ4v) is 1.85. The molecule has 0 atom stereocenters. The SMILES string of the molecule is Cc1ccc(-c2noc(Cn3ccnc3)n2)cc1C. The first kappa shape index (κ1) is 11.6. The van der Waals surface area contributed by atoms with Gasteiger partial charge in [-0.25, -0.2) is 4.98 Å². The quantitative estimate of drug-likeness (QED) is 0.721. The van der Waals surface area contributed by atoms with E-state index in [1.165, 1.54) is 11.1 Å². The van der Waals surface area contributed by atoms with E-state index in [9.17, 15) is 0 Å². The van der Waals surface area contributed by atoms with E-state index >= 15 is 0 Å². The van der Waals surface area contributed by atoms with Gasteiger partial charge < -0.3 is 9.09 Å². The van der Waals surface area contributed by atoms with E-state index < -0.39 is 0 Å². The highest BCUT2D eigenvalue weighted by molar-refractivity contribution is 5.56. The summed E-state index contributed by atoms with van der Waals surface area (Å²) in [4.78, 5) is 8.38. The van der Waals surface area contributed by atoms with E-state index in [0.717, 1.165) is 5.56 Å². The largest absolute Gasteiger partial charge is 0.337 e. The molecule has 0 aliphatic rings. The zero-order valence-electron chi connectivity index (χ0n) is 10.9. The first-order valence-corrected chi connectivity index (χ1v) is 6.08. The normalized spacial score (nSPS) is 10.8. The average Bonchev–Trinajstić information content (AvgIpc) is 3.05. The number of hydrogen-bond donors (Lipinski definition) is 0. The number of aromatic nitrogens is 4. The minimum absolute atomic E-state index is 0.540. The molecule has 19 heavy (non-hydrogen) atoms. The molecule has 0 aliphatic heterocycles. The van der Waals surface area contributed by atoms with E-state index in [-0.39, 0.29) is 0 Å². The van der Waals surface area contributed by atoms with Crippen LogP contribution in [-0.2, 0) is 6.54 Å². The zero-order chi connectivity index (χ0) is 13.2. The molecule has 2 heterocycles. The second-order valence-electron chi connectivity index (χ2n) is 4.55. The van der Waals surface area contributed by atoms with Crippen molar-refractivity contribution in [3.05, 3.63) is 53.9 Å². The Morgan fingerprint density at radius 3 is 2.84 bits per heavy atom. The smallest absolute Gasteiger partial charge is 0.246 e. The summed E-state index contributed by atoms with van der Waals surface area (Å²) in [6.45, 7) is 4.70. The van der Waals surface area contributed by atoms with Gasteiger partial charge >= 0.3 is 0 Å². The van der Waals surface area contributed by atoms with Gasteiger partial charge in [0.25, 0.3) is 0 Å². The van der Waals surface area contributed by atoms with Crippen LogP contribution in [-0.4, -0.2) is 19.7 Å². The van der Waals surface area contributed by atoms with Crippen LogP contribution in [0.4, 0.5) is 0 Å². The molecule has 0 spiro atoms. The first-order valence-electron chi connectivity index (χ1n) is 6.08. The molecule has 0 amide bonds. The fourth-order valence-electron chi connectivity index (χ4n) is 1.85. The molecule has 1 aromatic carbocycles. The standard InChI is InChI=1S/C14H14N4O/c1-10-3-4-12(7-11(10)2)14-16-13(19-17-14)8-18-6-5-15-9-18/h3-7,9H,8H2,1-2H3. The number of imidazole rings is 1. The van der Waals surface area contributed by atoms with Crippen LogP contribution in [0.3, 0.4) is 0 Å². The van der Waals surface area contributed by atoms with Gasteiger partial charge in [0.1, 0.15) is 6.54 Å². The molecule has 0 N–H and O–H groups in total. The lowest BCUT2D eigenvalue weighted by Crippen LogP contribution is -1.96. The highest BCUT2D eigenvalue weighted by Gasteiger charge is 2.09. The summed E-state index contributed by atoms with van der Waals surface area (Å²) in [5, 5.41) is 4.02. The third-order valence-corrected chi connectivity index (χ3v) is 3.11. The Bertz CT molecular complexity index is 685. The molecule has 5 nitrogen and oxygen atoms in total. The van der Waals surface area contributed by atoms with Gasteiger partial charge in [0.05, 0.1) is 6.33 Å². The van der Waals surface area contributed by atoms with Gasteiger partial charge in [0.2, 0.25) is 11.7 Å². The maximum Gasteiger partial charge on any atom is 0.246 e. The topological polar surface area (TPSA) is 56.7 Å². The van der Waals surface area contributed by atoms with Crippen LogP contribution in [0, 0.1) is 13.8 Å². The van der Waals surface area contributed by atoms with Gasteiger partial charge in [-0.05, 0) is 31.0 Å². The summed E-state index contributed by atoms with van der Waals surface area (Å²) in [7, 11) is 0. The first-order chi connectivity index (χ1) is 9.22. The summed E-state index contributed by atoms with van der Waals surface area (Å²) in [6.07, 6.45) is 5.31. The van der Waals surface area contributed by atoms with Gasteiger partial charge in [-0.1, -0.05) is 17.3 Å². The maximum atomic E-state index is 5.25. The van der Waals surface area contributed by atoms with Crippen molar-refractivity contribution in [3.63, 3.8) is 0 Å². The zero-order valence-corrected chi connectivity index (χ0v) is 10.9.